The smallest absolute Gasteiger partial charge is 0.106 e. The first-order valence-electron chi connectivity index (χ1n) is 4.78. The van der Waals surface area contributed by atoms with E-state index in [-0.39, 0.29) is 6.04 Å². The molecule has 0 radical (unpaired) electrons. The summed E-state index contributed by atoms with van der Waals surface area (Å²) in [7, 11) is 2.02. The van der Waals surface area contributed by atoms with Gasteiger partial charge in [0.15, 0.2) is 0 Å². The molecule has 0 fully saturated rings. The van der Waals surface area contributed by atoms with E-state index in [1.807, 2.05) is 20.9 Å². The van der Waals surface area contributed by atoms with Crippen LogP contribution in [0.1, 0.15) is 24.4 Å². The van der Waals surface area contributed by atoms with Crippen LogP contribution in [0.3, 0.4) is 0 Å². The Morgan fingerprint density at radius 3 is 2.79 bits per heavy atom. The number of fused-ring (bicyclic) bond motifs is 1. The highest BCUT2D eigenvalue weighted by Crippen LogP contribution is 2.19. The second-order valence-corrected chi connectivity index (χ2v) is 3.75. The van der Waals surface area contributed by atoms with E-state index in [9.17, 15) is 0 Å². The predicted molar refractivity (Wildman–Crippen MR) is 58.1 cm³/mol. The number of hydrogen-bond acceptors (Lipinski definition) is 2. The van der Waals surface area contributed by atoms with Crippen LogP contribution in [0.15, 0.2) is 18.2 Å². The maximum Gasteiger partial charge on any atom is 0.106 e. The summed E-state index contributed by atoms with van der Waals surface area (Å²) in [5.74, 6) is 1.03. The standard InChI is InChI=1S/C11H15N3/c1-7(12)9-4-5-11-10(6-9)13-8(2)14(11)3/h4-7H,12H2,1-3H3. The lowest BCUT2D eigenvalue weighted by atomic mass is 10.1. The lowest BCUT2D eigenvalue weighted by molar-refractivity contribution is 0.819. The average Bonchev–Trinajstić information content (AvgIpc) is 2.42. The maximum absolute atomic E-state index is 5.82. The van der Waals surface area contributed by atoms with Gasteiger partial charge in [-0.15, -0.1) is 0 Å². The summed E-state index contributed by atoms with van der Waals surface area (Å²) >= 11 is 0. The van der Waals surface area contributed by atoms with Crippen molar-refractivity contribution in [2.45, 2.75) is 19.9 Å². The normalized spacial score (nSPS) is 13.4. The minimum absolute atomic E-state index is 0.0710. The van der Waals surface area contributed by atoms with Gasteiger partial charge in [0, 0.05) is 13.1 Å². The van der Waals surface area contributed by atoms with Crippen molar-refractivity contribution in [1.29, 1.82) is 0 Å². The van der Waals surface area contributed by atoms with Crippen LogP contribution >= 0.6 is 0 Å². The summed E-state index contributed by atoms with van der Waals surface area (Å²) in [6.45, 7) is 3.99. The second-order valence-electron chi connectivity index (χ2n) is 3.75. The molecule has 2 aromatic rings. The topological polar surface area (TPSA) is 43.8 Å². The Labute approximate surface area is 83.6 Å². The summed E-state index contributed by atoms with van der Waals surface area (Å²) in [6, 6.07) is 6.27. The first kappa shape index (κ1) is 9.21. The second kappa shape index (κ2) is 3.10. The lowest BCUT2D eigenvalue weighted by Gasteiger charge is -2.04. The fourth-order valence-electron chi connectivity index (χ4n) is 1.62. The highest BCUT2D eigenvalue weighted by molar-refractivity contribution is 5.76. The van der Waals surface area contributed by atoms with Crippen molar-refractivity contribution in [3.8, 4) is 0 Å². The van der Waals surface area contributed by atoms with Crippen LogP contribution in [0.2, 0.25) is 0 Å². The van der Waals surface area contributed by atoms with Crippen molar-refractivity contribution >= 4 is 11.0 Å². The van der Waals surface area contributed by atoms with Crippen molar-refractivity contribution < 1.29 is 0 Å². The molecule has 0 amide bonds. The summed E-state index contributed by atoms with van der Waals surface area (Å²) in [4.78, 5) is 4.46. The third kappa shape index (κ3) is 1.30. The van der Waals surface area contributed by atoms with Gasteiger partial charge >= 0.3 is 0 Å². The minimum atomic E-state index is 0.0710. The summed E-state index contributed by atoms with van der Waals surface area (Å²) < 4.78 is 2.08. The molecule has 0 saturated heterocycles. The number of aromatic nitrogens is 2. The van der Waals surface area contributed by atoms with Gasteiger partial charge in [-0.2, -0.15) is 0 Å². The number of hydrogen-bond donors (Lipinski definition) is 1. The fourth-order valence-corrected chi connectivity index (χ4v) is 1.62. The van der Waals surface area contributed by atoms with E-state index >= 15 is 0 Å². The van der Waals surface area contributed by atoms with Gasteiger partial charge in [0.1, 0.15) is 5.82 Å². The first-order valence-corrected chi connectivity index (χ1v) is 4.78. The van der Waals surface area contributed by atoms with Crippen LogP contribution < -0.4 is 5.73 Å². The van der Waals surface area contributed by atoms with Crippen LogP contribution in [0.5, 0.6) is 0 Å². The molecule has 3 heteroatoms. The van der Waals surface area contributed by atoms with E-state index in [1.54, 1.807) is 0 Å². The average molecular weight is 189 g/mol. The largest absolute Gasteiger partial charge is 0.331 e. The van der Waals surface area contributed by atoms with Crippen LogP contribution in [0.25, 0.3) is 11.0 Å². The molecule has 0 spiro atoms. The van der Waals surface area contributed by atoms with Gasteiger partial charge in [-0.25, -0.2) is 4.98 Å². The van der Waals surface area contributed by atoms with E-state index in [0.717, 1.165) is 22.4 Å². The van der Waals surface area contributed by atoms with Crippen molar-refractivity contribution in [2.24, 2.45) is 12.8 Å². The SMILES string of the molecule is Cc1nc2cc(C(C)N)ccc2n1C. The third-order valence-electron chi connectivity index (χ3n) is 2.65. The van der Waals surface area contributed by atoms with Crippen molar-refractivity contribution in [2.75, 3.05) is 0 Å². The van der Waals surface area contributed by atoms with Gasteiger partial charge in [-0.1, -0.05) is 6.07 Å². The molecule has 3 nitrogen and oxygen atoms in total. The molecule has 0 aliphatic heterocycles. The molecule has 1 aromatic carbocycles. The molecule has 14 heavy (non-hydrogen) atoms. The Hall–Kier alpha value is -1.35. The van der Waals surface area contributed by atoms with Crippen LogP contribution in [0, 0.1) is 6.92 Å². The monoisotopic (exact) mass is 189 g/mol. The Bertz CT molecular complexity index is 469. The molecule has 1 unspecified atom stereocenters. The Morgan fingerprint density at radius 1 is 1.43 bits per heavy atom. The first-order chi connectivity index (χ1) is 6.59. The van der Waals surface area contributed by atoms with E-state index in [4.69, 9.17) is 5.73 Å². The van der Waals surface area contributed by atoms with E-state index < -0.39 is 0 Å². The quantitative estimate of drug-likeness (QED) is 0.744. The van der Waals surface area contributed by atoms with Gasteiger partial charge in [-0.05, 0) is 31.5 Å². The molecule has 1 heterocycles. The van der Waals surface area contributed by atoms with Gasteiger partial charge < -0.3 is 10.3 Å². The van der Waals surface area contributed by atoms with Crippen LogP contribution in [-0.4, -0.2) is 9.55 Å². The molecular weight excluding hydrogens is 174 g/mol. The number of benzene rings is 1. The number of imidazole rings is 1. The van der Waals surface area contributed by atoms with Crippen molar-refractivity contribution in [3.63, 3.8) is 0 Å². The van der Waals surface area contributed by atoms with Crippen LogP contribution in [-0.2, 0) is 7.05 Å². The maximum atomic E-state index is 5.82. The van der Waals surface area contributed by atoms with Crippen molar-refractivity contribution in [3.05, 3.63) is 29.6 Å². The predicted octanol–water partition coefficient (Wildman–Crippen LogP) is 1.90. The third-order valence-corrected chi connectivity index (χ3v) is 2.65. The minimum Gasteiger partial charge on any atom is -0.331 e. The zero-order valence-electron chi connectivity index (χ0n) is 8.78. The van der Waals surface area contributed by atoms with E-state index in [2.05, 4.69) is 27.8 Å². The van der Waals surface area contributed by atoms with Gasteiger partial charge in [0.2, 0.25) is 0 Å². The van der Waals surface area contributed by atoms with E-state index in [0.29, 0.717) is 0 Å². The lowest BCUT2D eigenvalue weighted by Crippen LogP contribution is -2.04. The molecule has 0 aliphatic rings. The number of rotatable bonds is 1. The molecule has 1 aromatic heterocycles. The Kier molecular flexibility index (Phi) is 2.04. The van der Waals surface area contributed by atoms with E-state index in [1.165, 1.54) is 0 Å². The molecule has 2 N–H and O–H groups in total. The highest BCUT2D eigenvalue weighted by atomic mass is 15.0. The number of nitrogens with zero attached hydrogens (tertiary/aromatic N) is 2. The zero-order chi connectivity index (χ0) is 10.3. The van der Waals surface area contributed by atoms with Crippen molar-refractivity contribution in [1.82, 2.24) is 9.55 Å². The molecular formula is C11H15N3. The van der Waals surface area contributed by atoms with Gasteiger partial charge in [0.05, 0.1) is 11.0 Å². The number of aryl methyl sites for hydroxylation is 2. The Balaban J connectivity index is 2.67. The summed E-state index contributed by atoms with van der Waals surface area (Å²) in [5.41, 5.74) is 9.14. The van der Waals surface area contributed by atoms with Gasteiger partial charge in [0.25, 0.3) is 0 Å². The van der Waals surface area contributed by atoms with Crippen LogP contribution in [0.4, 0.5) is 0 Å². The molecule has 1 atom stereocenters. The fraction of sp³-hybridized carbons (Fsp3) is 0.364. The van der Waals surface area contributed by atoms with Gasteiger partial charge in [-0.3, -0.25) is 0 Å². The summed E-state index contributed by atoms with van der Waals surface area (Å²) in [5, 5.41) is 0. The Morgan fingerprint density at radius 2 is 2.14 bits per heavy atom. The number of nitrogens with two attached hydrogens (primary N) is 1. The highest BCUT2D eigenvalue weighted by Gasteiger charge is 2.06. The molecule has 0 aliphatic carbocycles. The molecule has 74 valence electrons. The zero-order valence-corrected chi connectivity index (χ0v) is 8.78. The molecule has 0 saturated carbocycles. The molecule has 2 rings (SSSR count). The summed E-state index contributed by atoms with van der Waals surface area (Å²) in [6.07, 6.45) is 0. The molecule has 0 bridgehead atoms.